The van der Waals surface area contributed by atoms with Gasteiger partial charge in [-0.15, -0.1) is 0 Å². The van der Waals surface area contributed by atoms with Crippen LogP contribution in [-0.2, 0) is 28.6 Å². The molecule has 1 atom stereocenters. The third kappa shape index (κ3) is 63.7. The van der Waals surface area contributed by atoms with Crippen LogP contribution < -0.4 is 0 Å². The first-order chi connectivity index (χ1) is 39.0. The topological polar surface area (TPSA) is 78.9 Å². The molecule has 0 aliphatic rings. The summed E-state index contributed by atoms with van der Waals surface area (Å²) in [7, 11) is 0. The van der Waals surface area contributed by atoms with Gasteiger partial charge in [0.15, 0.2) is 6.10 Å². The molecule has 1 unspecified atom stereocenters. The van der Waals surface area contributed by atoms with Crippen LogP contribution in [0.1, 0.15) is 265 Å². The molecule has 6 nitrogen and oxygen atoms in total. The number of rotatable bonds is 56. The molecule has 0 N–H and O–H groups in total. The summed E-state index contributed by atoms with van der Waals surface area (Å²) < 4.78 is 16.8. The third-order valence-electron chi connectivity index (χ3n) is 13.0. The number of esters is 3. The molecule has 0 saturated carbocycles. The summed E-state index contributed by atoms with van der Waals surface area (Å²) in [5.41, 5.74) is 0. The molecule has 0 bridgehead atoms. The van der Waals surface area contributed by atoms with E-state index in [1.807, 2.05) is 0 Å². The number of ether oxygens (including phenoxy) is 3. The number of unbranched alkanes of at least 4 members (excludes halogenated alkanes) is 19. The first-order valence-corrected chi connectivity index (χ1v) is 32.0. The van der Waals surface area contributed by atoms with E-state index in [0.717, 1.165) is 135 Å². The van der Waals surface area contributed by atoms with Gasteiger partial charge in [-0.1, -0.05) is 269 Å². The molecule has 0 aromatic heterocycles. The van der Waals surface area contributed by atoms with E-state index in [0.29, 0.717) is 19.3 Å². The van der Waals surface area contributed by atoms with E-state index < -0.39 is 6.10 Å². The number of carbonyl (C=O) groups excluding carboxylic acids is 3. The van der Waals surface area contributed by atoms with Gasteiger partial charge in [-0.25, -0.2) is 0 Å². The van der Waals surface area contributed by atoms with Gasteiger partial charge in [0.25, 0.3) is 0 Å². The number of carbonyl (C=O) groups is 3. The monoisotopic (exact) mass is 1090 g/mol. The Labute approximate surface area is 486 Å². The molecule has 0 aromatic carbocycles. The summed E-state index contributed by atoms with van der Waals surface area (Å²) in [4.78, 5) is 38.2. The molecule has 6 heteroatoms. The van der Waals surface area contributed by atoms with Gasteiger partial charge < -0.3 is 14.2 Å². The highest BCUT2D eigenvalue weighted by Crippen LogP contribution is 2.15. The van der Waals surface area contributed by atoms with Crippen molar-refractivity contribution in [2.45, 2.75) is 271 Å². The molecule has 0 rings (SSSR count). The van der Waals surface area contributed by atoms with E-state index in [-0.39, 0.29) is 37.5 Å². The maximum Gasteiger partial charge on any atom is 0.306 e. The minimum Gasteiger partial charge on any atom is -0.462 e. The summed E-state index contributed by atoms with van der Waals surface area (Å²) in [6, 6.07) is 0. The fourth-order valence-corrected chi connectivity index (χ4v) is 8.26. The average Bonchev–Trinajstić information content (AvgIpc) is 3.45. The van der Waals surface area contributed by atoms with Crippen molar-refractivity contribution in [3.05, 3.63) is 158 Å². The standard InChI is InChI=1S/C73H116O6/c1-4-7-10-13-16-19-22-24-26-28-29-30-31-32-33-34-35-36-37-38-39-40-41-42-43-45-46-48-51-54-57-60-63-66-72(75)78-69-70(68-77-71(74)65-62-59-56-53-50-21-18-15-12-9-6-3)79-73(76)67-64-61-58-55-52-49-47-44-27-25-23-20-17-14-11-8-5-2/h7-8,10-11,15-20,24-27,29-30,32-33,35-36,38-39,47,49,55,58,70H,4-6,9,12-14,21-23,28,31,34,37,40-46,48,50-54,56-57,59-69H2,1-3H3/b10-7-,11-8-,18-15-,19-16-,20-17-,26-24-,27-25-,30-29-,33-32-,36-35-,39-38-,49-47-,58-55-. The zero-order valence-electron chi connectivity index (χ0n) is 50.8. The van der Waals surface area contributed by atoms with Crippen LogP contribution >= 0.6 is 0 Å². The molecule has 0 amide bonds. The SMILES string of the molecule is CC/C=C\C/C=C\C/C=C\C/C=C\C/C=C\C/C=C\C/C=C\CCCCCCCCCCCCCC(=O)OCC(COC(=O)CCCCCCC/C=C\CCCC)OC(=O)CCC/C=C\C/C=C\C/C=C\C/C=C\C/C=C\CC. The van der Waals surface area contributed by atoms with Crippen LogP contribution in [0, 0.1) is 0 Å². The lowest BCUT2D eigenvalue weighted by atomic mass is 10.0. The number of allylic oxidation sites excluding steroid dienone is 26. The molecule has 0 heterocycles. The predicted octanol–water partition coefficient (Wildman–Crippen LogP) is 22.1. The predicted molar refractivity (Wildman–Crippen MR) is 343 cm³/mol. The first-order valence-electron chi connectivity index (χ1n) is 32.0. The van der Waals surface area contributed by atoms with Crippen molar-refractivity contribution in [1.82, 2.24) is 0 Å². The smallest absolute Gasteiger partial charge is 0.306 e. The van der Waals surface area contributed by atoms with Gasteiger partial charge in [0.2, 0.25) is 0 Å². The summed E-state index contributed by atoms with van der Waals surface area (Å²) >= 11 is 0. The van der Waals surface area contributed by atoms with E-state index in [2.05, 4.69) is 179 Å². The fourth-order valence-electron chi connectivity index (χ4n) is 8.26. The lowest BCUT2D eigenvalue weighted by Crippen LogP contribution is -2.30. The van der Waals surface area contributed by atoms with Crippen LogP contribution in [-0.4, -0.2) is 37.2 Å². The van der Waals surface area contributed by atoms with E-state index >= 15 is 0 Å². The molecule has 0 aliphatic carbocycles. The molecule has 0 aliphatic heterocycles. The van der Waals surface area contributed by atoms with Gasteiger partial charge in [0.1, 0.15) is 13.2 Å². The minimum absolute atomic E-state index is 0.110. The Morgan fingerprint density at radius 2 is 0.506 bits per heavy atom. The lowest BCUT2D eigenvalue weighted by molar-refractivity contribution is -0.167. The van der Waals surface area contributed by atoms with Crippen LogP contribution in [0.15, 0.2) is 158 Å². The number of hydrogen-bond donors (Lipinski definition) is 0. The van der Waals surface area contributed by atoms with Gasteiger partial charge in [0.05, 0.1) is 0 Å². The Balaban J connectivity index is 4.28. The molecule has 0 saturated heterocycles. The molecule has 0 spiro atoms. The normalized spacial score (nSPS) is 13.2. The van der Waals surface area contributed by atoms with Gasteiger partial charge in [-0.2, -0.15) is 0 Å². The minimum atomic E-state index is -0.819. The van der Waals surface area contributed by atoms with Crippen molar-refractivity contribution in [3.63, 3.8) is 0 Å². The van der Waals surface area contributed by atoms with Gasteiger partial charge in [-0.05, 0) is 135 Å². The summed E-state index contributed by atoms with van der Waals surface area (Å²) in [5, 5.41) is 0. The highest BCUT2D eigenvalue weighted by atomic mass is 16.6. The van der Waals surface area contributed by atoms with E-state index in [4.69, 9.17) is 14.2 Å². The van der Waals surface area contributed by atoms with Crippen LogP contribution in [0.2, 0.25) is 0 Å². The number of hydrogen-bond acceptors (Lipinski definition) is 6. The van der Waals surface area contributed by atoms with Crippen molar-refractivity contribution in [2.75, 3.05) is 13.2 Å². The lowest BCUT2D eigenvalue weighted by Gasteiger charge is -2.18. The van der Waals surface area contributed by atoms with Crippen molar-refractivity contribution in [1.29, 1.82) is 0 Å². The Morgan fingerprint density at radius 1 is 0.266 bits per heavy atom. The second kappa shape index (κ2) is 65.5. The summed E-state index contributed by atoms with van der Waals surface area (Å²) in [5.74, 6) is -0.985. The Hall–Kier alpha value is -4.97. The van der Waals surface area contributed by atoms with Crippen molar-refractivity contribution < 1.29 is 28.6 Å². The van der Waals surface area contributed by atoms with Gasteiger partial charge in [-0.3, -0.25) is 14.4 Å². The van der Waals surface area contributed by atoms with E-state index in [1.165, 1.54) is 83.5 Å². The molecule has 444 valence electrons. The van der Waals surface area contributed by atoms with E-state index in [1.54, 1.807) is 0 Å². The molecular formula is C73H116O6. The zero-order valence-corrected chi connectivity index (χ0v) is 50.8. The third-order valence-corrected chi connectivity index (χ3v) is 13.0. The van der Waals surface area contributed by atoms with Crippen LogP contribution in [0.5, 0.6) is 0 Å². The van der Waals surface area contributed by atoms with Gasteiger partial charge >= 0.3 is 17.9 Å². The molecule has 0 radical (unpaired) electrons. The second-order valence-corrected chi connectivity index (χ2v) is 20.5. The van der Waals surface area contributed by atoms with Crippen LogP contribution in [0.3, 0.4) is 0 Å². The van der Waals surface area contributed by atoms with Crippen molar-refractivity contribution in [3.8, 4) is 0 Å². The average molecular weight is 1090 g/mol. The quantitative estimate of drug-likeness (QED) is 0.0261. The summed E-state index contributed by atoms with van der Waals surface area (Å²) in [6.07, 6.45) is 95.5. The maximum atomic E-state index is 12.8. The first kappa shape index (κ1) is 74.0. The molecular weight excluding hydrogens is 973 g/mol. The van der Waals surface area contributed by atoms with E-state index in [9.17, 15) is 14.4 Å². The van der Waals surface area contributed by atoms with Gasteiger partial charge in [0, 0.05) is 19.3 Å². The maximum absolute atomic E-state index is 12.8. The fraction of sp³-hybridized carbons (Fsp3) is 0.603. The Morgan fingerprint density at radius 3 is 0.823 bits per heavy atom. The molecule has 79 heavy (non-hydrogen) atoms. The largest absolute Gasteiger partial charge is 0.462 e. The molecule has 0 fully saturated rings. The van der Waals surface area contributed by atoms with Crippen molar-refractivity contribution in [2.24, 2.45) is 0 Å². The van der Waals surface area contributed by atoms with Crippen molar-refractivity contribution >= 4 is 17.9 Å². The van der Waals surface area contributed by atoms with Crippen LogP contribution in [0.25, 0.3) is 0 Å². The Bertz CT molecular complexity index is 1780. The highest BCUT2D eigenvalue weighted by molar-refractivity contribution is 5.71. The molecule has 0 aromatic rings. The summed E-state index contributed by atoms with van der Waals surface area (Å²) in [6.45, 7) is 6.31. The Kier molecular flexibility index (Phi) is 61.4. The zero-order chi connectivity index (χ0) is 57.1. The van der Waals surface area contributed by atoms with Crippen LogP contribution in [0.4, 0.5) is 0 Å². The highest BCUT2D eigenvalue weighted by Gasteiger charge is 2.19. The second-order valence-electron chi connectivity index (χ2n) is 20.5.